The summed E-state index contributed by atoms with van der Waals surface area (Å²) in [6.45, 7) is 2.32. The van der Waals surface area contributed by atoms with E-state index in [-0.39, 0.29) is 6.54 Å². The second-order valence-corrected chi connectivity index (χ2v) is 2.41. The Bertz CT molecular complexity index is 129. The molecular weight excluding hydrogens is 162 g/mol. The molecule has 1 unspecified atom stereocenters. The van der Waals surface area contributed by atoms with Crippen molar-refractivity contribution in [3.05, 3.63) is 0 Å². The molecule has 0 fully saturated rings. The highest BCUT2D eigenvalue weighted by Crippen LogP contribution is 1.94. The first-order valence-corrected chi connectivity index (χ1v) is 3.93. The first-order valence-electron chi connectivity index (χ1n) is 3.93. The van der Waals surface area contributed by atoms with Gasteiger partial charge in [-0.3, -0.25) is 0 Å². The number of carbonyl (C=O) groups is 1. The van der Waals surface area contributed by atoms with Crippen molar-refractivity contribution in [2.75, 3.05) is 13.2 Å². The van der Waals surface area contributed by atoms with Crippen LogP contribution in [0.4, 0.5) is 0 Å². The summed E-state index contributed by atoms with van der Waals surface area (Å²) in [5.41, 5.74) is 1.77. The van der Waals surface area contributed by atoms with Gasteiger partial charge in [0.15, 0.2) is 6.10 Å². The summed E-state index contributed by atoms with van der Waals surface area (Å²) in [7, 11) is 0. The number of hydrogen-bond donors (Lipinski definition) is 3. The van der Waals surface area contributed by atoms with Gasteiger partial charge < -0.3 is 15.1 Å². The molecule has 0 aromatic heterocycles. The van der Waals surface area contributed by atoms with Crippen LogP contribution in [0.5, 0.6) is 0 Å². The van der Waals surface area contributed by atoms with Crippen molar-refractivity contribution >= 4 is 5.97 Å². The largest absolute Gasteiger partial charge is 0.479 e. The lowest BCUT2D eigenvalue weighted by Gasteiger charge is -2.11. The molecule has 0 amide bonds. The summed E-state index contributed by atoms with van der Waals surface area (Å²) in [6, 6.07) is 0. The molecule has 0 saturated heterocycles. The van der Waals surface area contributed by atoms with Crippen LogP contribution >= 0.6 is 0 Å². The number of carboxylic acid groups (broad SMARTS) is 1. The maximum atomic E-state index is 10.4. The normalized spacial score (nSPS) is 12.8. The number of unbranched alkanes of at least 4 members (excludes halogenated alkanes) is 1. The quantitative estimate of drug-likeness (QED) is 0.383. The third-order valence-electron chi connectivity index (χ3n) is 1.37. The van der Waals surface area contributed by atoms with Crippen molar-refractivity contribution in [1.82, 2.24) is 5.48 Å². The van der Waals surface area contributed by atoms with Gasteiger partial charge in [0.25, 0.3) is 0 Å². The molecular formula is C7H15NO4. The van der Waals surface area contributed by atoms with Crippen molar-refractivity contribution in [2.45, 2.75) is 25.9 Å². The Kier molecular flexibility index (Phi) is 6.64. The lowest BCUT2D eigenvalue weighted by molar-refractivity contribution is -0.151. The number of hydroxylamine groups is 1. The molecule has 0 aromatic carbocycles. The number of rotatable bonds is 7. The van der Waals surface area contributed by atoms with Crippen LogP contribution in [-0.2, 0) is 9.53 Å². The Labute approximate surface area is 71.3 Å². The van der Waals surface area contributed by atoms with Gasteiger partial charge in [0.05, 0.1) is 6.54 Å². The minimum Gasteiger partial charge on any atom is -0.479 e. The maximum absolute atomic E-state index is 10.4. The Balaban J connectivity index is 3.56. The molecule has 0 saturated carbocycles. The van der Waals surface area contributed by atoms with E-state index in [0.29, 0.717) is 6.61 Å². The molecule has 0 aliphatic carbocycles. The minimum atomic E-state index is -1.06. The van der Waals surface area contributed by atoms with Gasteiger partial charge >= 0.3 is 5.97 Å². The van der Waals surface area contributed by atoms with E-state index in [1.807, 2.05) is 6.92 Å². The van der Waals surface area contributed by atoms with Gasteiger partial charge in [0.1, 0.15) is 0 Å². The van der Waals surface area contributed by atoms with E-state index < -0.39 is 12.1 Å². The molecule has 0 aliphatic rings. The van der Waals surface area contributed by atoms with Gasteiger partial charge in [-0.1, -0.05) is 13.3 Å². The average Bonchev–Trinajstić information content (AvgIpc) is 2.03. The van der Waals surface area contributed by atoms with Crippen LogP contribution < -0.4 is 5.48 Å². The highest BCUT2D eigenvalue weighted by atomic mass is 16.5. The number of nitrogens with one attached hydrogen (secondary N) is 1. The lowest BCUT2D eigenvalue weighted by Crippen LogP contribution is -2.34. The Hall–Kier alpha value is -0.650. The summed E-state index contributed by atoms with van der Waals surface area (Å²) >= 11 is 0. The predicted molar refractivity (Wildman–Crippen MR) is 42.1 cm³/mol. The summed E-state index contributed by atoms with van der Waals surface area (Å²) in [6.07, 6.45) is 0.829. The monoisotopic (exact) mass is 177 g/mol. The fourth-order valence-electron chi connectivity index (χ4n) is 0.670. The molecule has 5 heteroatoms. The number of ether oxygens (including phenoxy) is 1. The van der Waals surface area contributed by atoms with Gasteiger partial charge in [-0.2, -0.15) is 0 Å². The summed E-state index contributed by atoms with van der Waals surface area (Å²) in [5.74, 6) is -1.06. The zero-order chi connectivity index (χ0) is 9.40. The van der Waals surface area contributed by atoms with Gasteiger partial charge in [0, 0.05) is 6.61 Å². The summed E-state index contributed by atoms with van der Waals surface area (Å²) in [4.78, 5) is 10.4. The average molecular weight is 177 g/mol. The molecule has 0 radical (unpaired) electrons. The van der Waals surface area contributed by atoms with Crippen molar-refractivity contribution in [2.24, 2.45) is 0 Å². The molecule has 12 heavy (non-hydrogen) atoms. The number of aliphatic carboxylic acids is 1. The van der Waals surface area contributed by atoms with E-state index in [1.54, 1.807) is 5.48 Å². The van der Waals surface area contributed by atoms with Crippen LogP contribution in [0.2, 0.25) is 0 Å². The SMILES string of the molecule is CCCCOC(CNO)C(=O)O. The third kappa shape index (κ3) is 5.06. The van der Waals surface area contributed by atoms with Crippen molar-refractivity contribution < 1.29 is 19.8 Å². The van der Waals surface area contributed by atoms with Crippen LogP contribution in [0.1, 0.15) is 19.8 Å². The molecule has 0 bridgehead atoms. The van der Waals surface area contributed by atoms with E-state index in [2.05, 4.69) is 0 Å². The van der Waals surface area contributed by atoms with Crippen LogP contribution in [0.3, 0.4) is 0 Å². The Morgan fingerprint density at radius 1 is 1.67 bits per heavy atom. The van der Waals surface area contributed by atoms with Crippen molar-refractivity contribution in [3.8, 4) is 0 Å². The van der Waals surface area contributed by atoms with E-state index in [0.717, 1.165) is 12.8 Å². The second-order valence-electron chi connectivity index (χ2n) is 2.41. The van der Waals surface area contributed by atoms with E-state index in [9.17, 15) is 4.79 Å². The number of carboxylic acids is 1. The van der Waals surface area contributed by atoms with Crippen LogP contribution in [0.15, 0.2) is 0 Å². The Morgan fingerprint density at radius 3 is 2.75 bits per heavy atom. The molecule has 0 aliphatic heterocycles. The fraction of sp³-hybridized carbons (Fsp3) is 0.857. The highest BCUT2D eigenvalue weighted by molar-refractivity contribution is 5.72. The molecule has 72 valence electrons. The minimum absolute atomic E-state index is 0.0843. The van der Waals surface area contributed by atoms with Gasteiger partial charge in [0.2, 0.25) is 0 Å². The molecule has 1 atom stereocenters. The van der Waals surface area contributed by atoms with E-state index in [4.69, 9.17) is 15.1 Å². The molecule has 0 aromatic rings. The standard InChI is InChI=1S/C7H15NO4/c1-2-3-4-12-6(5-8-11)7(9)10/h6,8,11H,2-5H2,1H3,(H,9,10). The molecule has 5 nitrogen and oxygen atoms in total. The topological polar surface area (TPSA) is 78.8 Å². The fourth-order valence-corrected chi connectivity index (χ4v) is 0.670. The first-order chi connectivity index (χ1) is 5.72. The lowest BCUT2D eigenvalue weighted by atomic mass is 10.3. The van der Waals surface area contributed by atoms with Crippen LogP contribution in [0.25, 0.3) is 0 Å². The first kappa shape index (κ1) is 11.4. The molecule has 3 N–H and O–H groups in total. The van der Waals surface area contributed by atoms with Crippen LogP contribution in [-0.4, -0.2) is 35.5 Å². The second kappa shape index (κ2) is 7.02. The van der Waals surface area contributed by atoms with Crippen LogP contribution in [0, 0.1) is 0 Å². The number of hydrogen-bond acceptors (Lipinski definition) is 4. The summed E-state index contributed by atoms with van der Waals surface area (Å²) < 4.78 is 4.96. The zero-order valence-corrected chi connectivity index (χ0v) is 7.12. The maximum Gasteiger partial charge on any atom is 0.334 e. The van der Waals surface area contributed by atoms with Gasteiger partial charge in [-0.15, -0.1) is 0 Å². The smallest absolute Gasteiger partial charge is 0.334 e. The van der Waals surface area contributed by atoms with E-state index >= 15 is 0 Å². The third-order valence-corrected chi connectivity index (χ3v) is 1.37. The van der Waals surface area contributed by atoms with Gasteiger partial charge in [-0.25, -0.2) is 10.3 Å². The Morgan fingerprint density at radius 2 is 2.33 bits per heavy atom. The zero-order valence-electron chi connectivity index (χ0n) is 7.12. The highest BCUT2D eigenvalue weighted by Gasteiger charge is 2.16. The molecule has 0 heterocycles. The molecule has 0 spiro atoms. The van der Waals surface area contributed by atoms with Crippen molar-refractivity contribution in [3.63, 3.8) is 0 Å². The van der Waals surface area contributed by atoms with Crippen molar-refractivity contribution in [1.29, 1.82) is 0 Å². The summed E-state index contributed by atoms with van der Waals surface area (Å²) in [5, 5.41) is 16.8. The molecule has 0 rings (SSSR count). The predicted octanol–water partition coefficient (Wildman–Crippen LogP) is 0.235. The van der Waals surface area contributed by atoms with Gasteiger partial charge in [-0.05, 0) is 6.42 Å². The van der Waals surface area contributed by atoms with E-state index in [1.165, 1.54) is 0 Å².